The van der Waals surface area contributed by atoms with Crippen molar-refractivity contribution in [3.05, 3.63) is 10.2 Å². The zero-order valence-electron chi connectivity index (χ0n) is 4.40. The van der Waals surface area contributed by atoms with Crippen LogP contribution in [0.15, 0.2) is 4.60 Å². The molecule has 4 heteroatoms. The Morgan fingerprint density at radius 1 is 1.75 bits per heavy atom. The van der Waals surface area contributed by atoms with Gasteiger partial charge in [0.15, 0.2) is 0 Å². The number of halogens is 1. The first-order chi connectivity index (χ1) is 3.72. The van der Waals surface area contributed by atoms with Gasteiger partial charge in [-0.15, -0.1) is 0 Å². The molecule has 8 heavy (non-hydrogen) atoms. The molecule has 0 bridgehead atoms. The molecule has 2 nitrogen and oxygen atoms in total. The number of aromatic amines is 1. The summed E-state index contributed by atoms with van der Waals surface area (Å²) < 4.78 is 0.787. The van der Waals surface area contributed by atoms with Crippen LogP contribution in [0.5, 0.6) is 0 Å². The van der Waals surface area contributed by atoms with Gasteiger partial charge in [0.05, 0.1) is 0 Å². The average molecular weight is 171 g/mol. The molecule has 0 saturated heterocycles. The molecule has 1 aromatic heterocycles. The van der Waals surface area contributed by atoms with E-state index >= 15 is 0 Å². The summed E-state index contributed by atoms with van der Waals surface area (Å²) in [6.07, 6.45) is 0. The van der Waals surface area contributed by atoms with Crippen molar-refractivity contribution in [3.8, 4) is 0 Å². The maximum atomic E-state index is 5.39. The minimum Gasteiger partial charge on any atom is -0.292 e. The Morgan fingerprint density at radius 2 is 2.38 bits per heavy atom. The smallest absolute Gasteiger partial charge is 0.141 e. The lowest BCUT2D eigenvalue weighted by molar-refractivity contribution is 1.09. The number of aromatic nitrogens is 2. The van der Waals surface area contributed by atoms with Gasteiger partial charge in [0.1, 0.15) is 12.4 Å². The van der Waals surface area contributed by atoms with Crippen LogP contribution < -0.4 is 5.59 Å². The lowest BCUT2D eigenvalue weighted by Crippen LogP contribution is -2.05. The van der Waals surface area contributed by atoms with Crippen molar-refractivity contribution < 1.29 is 0 Å². The molecule has 0 atom stereocenters. The third kappa shape index (κ3) is 0.800. The van der Waals surface area contributed by atoms with E-state index in [9.17, 15) is 0 Å². The Hall–Kier alpha value is -0.245. The van der Waals surface area contributed by atoms with Crippen LogP contribution in [-0.4, -0.2) is 18.0 Å². The van der Waals surface area contributed by atoms with Crippen molar-refractivity contribution in [1.29, 1.82) is 0 Å². The molecular weight excluding hydrogens is 167 g/mol. The largest absolute Gasteiger partial charge is 0.292 e. The summed E-state index contributed by atoms with van der Waals surface area (Å²) in [6.45, 7) is 1.89. The predicted octanol–water partition coefficient (Wildman–Crippen LogP) is 0.274. The number of nitrogens with one attached hydrogen (secondary N) is 1. The molecule has 0 fully saturated rings. The maximum Gasteiger partial charge on any atom is 0.141 e. The van der Waals surface area contributed by atoms with E-state index in [0.29, 0.717) is 5.59 Å². The first kappa shape index (κ1) is 5.88. The lowest BCUT2D eigenvalue weighted by atomic mass is 10.0. The highest BCUT2D eigenvalue weighted by atomic mass is 79.9. The fourth-order valence-electron chi connectivity index (χ4n) is 0.388. The summed E-state index contributed by atoms with van der Waals surface area (Å²) in [6, 6.07) is 0. The van der Waals surface area contributed by atoms with Crippen LogP contribution in [0.1, 0.15) is 5.56 Å². The molecule has 0 aliphatic heterocycles. The van der Waals surface area contributed by atoms with E-state index in [1.54, 1.807) is 0 Å². The molecule has 1 rings (SSSR count). The summed E-state index contributed by atoms with van der Waals surface area (Å²) in [5, 5.41) is 6.40. The van der Waals surface area contributed by atoms with E-state index in [1.165, 1.54) is 0 Å². The van der Waals surface area contributed by atoms with Crippen LogP contribution in [0.2, 0.25) is 0 Å². The van der Waals surface area contributed by atoms with Gasteiger partial charge >= 0.3 is 0 Å². The normalized spacial score (nSPS) is 9.75. The first-order valence-corrected chi connectivity index (χ1v) is 2.97. The summed E-state index contributed by atoms with van der Waals surface area (Å²) in [4.78, 5) is 0. The van der Waals surface area contributed by atoms with E-state index in [-0.39, 0.29) is 0 Å². The van der Waals surface area contributed by atoms with Crippen molar-refractivity contribution in [2.45, 2.75) is 6.92 Å². The SMILES string of the molecule is [B]c1[nH]nc(Br)c1C. The Balaban J connectivity index is 3.19. The second-order valence-electron chi connectivity index (χ2n) is 1.55. The van der Waals surface area contributed by atoms with Crippen molar-refractivity contribution in [2.75, 3.05) is 0 Å². The van der Waals surface area contributed by atoms with Crippen molar-refractivity contribution in [2.24, 2.45) is 0 Å². The molecule has 1 N–H and O–H groups in total. The predicted molar refractivity (Wildman–Crippen MR) is 36.4 cm³/mol. The van der Waals surface area contributed by atoms with E-state index in [1.807, 2.05) is 6.92 Å². The van der Waals surface area contributed by atoms with E-state index < -0.39 is 0 Å². The van der Waals surface area contributed by atoms with Crippen LogP contribution in [0, 0.1) is 6.92 Å². The van der Waals surface area contributed by atoms with E-state index in [2.05, 4.69) is 26.1 Å². The van der Waals surface area contributed by atoms with Crippen LogP contribution >= 0.6 is 15.9 Å². The van der Waals surface area contributed by atoms with Crippen LogP contribution in [0.3, 0.4) is 0 Å². The molecule has 0 aromatic carbocycles. The van der Waals surface area contributed by atoms with Gasteiger partial charge in [-0.3, -0.25) is 5.10 Å². The van der Waals surface area contributed by atoms with Gasteiger partial charge < -0.3 is 0 Å². The molecule has 0 aliphatic rings. The molecule has 40 valence electrons. The number of hydrogen-bond acceptors (Lipinski definition) is 1. The summed E-state index contributed by atoms with van der Waals surface area (Å²) >= 11 is 3.19. The fourth-order valence-corrected chi connectivity index (χ4v) is 0.690. The molecule has 0 unspecified atom stereocenters. The van der Waals surface area contributed by atoms with Gasteiger partial charge in [-0.05, 0) is 34.0 Å². The van der Waals surface area contributed by atoms with Crippen molar-refractivity contribution in [3.63, 3.8) is 0 Å². The van der Waals surface area contributed by atoms with Gasteiger partial charge in [-0.25, -0.2) is 0 Å². The second kappa shape index (κ2) is 1.93. The minimum absolute atomic E-state index is 0.622. The van der Waals surface area contributed by atoms with Gasteiger partial charge in [0.2, 0.25) is 0 Å². The average Bonchev–Trinajstić information content (AvgIpc) is 1.98. The van der Waals surface area contributed by atoms with Crippen LogP contribution in [0.4, 0.5) is 0 Å². The summed E-state index contributed by atoms with van der Waals surface area (Å²) in [7, 11) is 5.39. The molecule has 2 radical (unpaired) electrons. The second-order valence-corrected chi connectivity index (χ2v) is 2.30. The van der Waals surface area contributed by atoms with Crippen LogP contribution in [0.25, 0.3) is 0 Å². The highest BCUT2D eigenvalue weighted by molar-refractivity contribution is 9.10. The monoisotopic (exact) mass is 170 g/mol. The standard InChI is InChI=1S/C4H4BBrN2/c1-2-3(5)7-8-4(2)6/h1H3,(H,7,8). The summed E-state index contributed by atoms with van der Waals surface area (Å²) in [5.41, 5.74) is 1.59. The van der Waals surface area contributed by atoms with E-state index in [4.69, 9.17) is 7.85 Å². The number of hydrogen-bond donors (Lipinski definition) is 1. The summed E-state index contributed by atoms with van der Waals surface area (Å²) in [5.74, 6) is 0. The highest BCUT2D eigenvalue weighted by Crippen LogP contribution is 2.06. The first-order valence-electron chi connectivity index (χ1n) is 2.17. The Labute approximate surface area is 57.2 Å². The van der Waals surface area contributed by atoms with Gasteiger partial charge in [-0.1, -0.05) is 0 Å². The lowest BCUT2D eigenvalue weighted by Gasteiger charge is -1.82. The van der Waals surface area contributed by atoms with Gasteiger partial charge in [-0.2, -0.15) is 5.10 Å². The van der Waals surface area contributed by atoms with Crippen molar-refractivity contribution >= 4 is 29.4 Å². The minimum atomic E-state index is 0.622. The zero-order valence-corrected chi connectivity index (χ0v) is 5.99. The van der Waals surface area contributed by atoms with Gasteiger partial charge in [0.25, 0.3) is 0 Å². The van der Waals surface area contributed by atoms with E-state index in [0.717, 1.165) is 10.2 Å². The topological polar surface area (TPSA) is 28.7 Å². The number of H-pyrrole nitrogens is 1. The molecule has 1 aromatic rings. The number of rotatable bonds is 0. The fraction of sp³-hybridized carbons (Fsp3) is 0.250. The Morgan fingerprint density at radius 3 is 2.50 bits per heavy atom. The molecule has 0 aliphatic carbocycles. The Bertz CT molecular complexity index is 176. The molecular formula is C4H4BBrN2. The molecule has 0 spiro atoms. The molecule has 1 heterocycles. The quantitative estimate of drug-likeness (QED) is 0.557. The molecule has 0 amide bonds. The molecule has 0 saturated carbocycles. The maximum absolute atomic E-state index is 5.39. The van der Waals surface area contributed by atoms with Crippen LogP contribution in [-0.2, 0) is 0 Å². The number of nitrogens with zero attached hydrogens (tertiary/aromatic N) is 1. The van der Waals surface area contributed by atoms with Crippen molar-refractivity contribution in [1.82, 2.24) is 10.2 Å². The third-order valence-corrected chi connectivity index (χ3v) is 1.76. The third-order valence-electron chi connectivity index (χ3n) is 0.988. The zero-order chi connectivity index (χ0) is 6.15. The Kier molecular flexibility index (Phi) is 1.42. The highest BCUT2D eigenvalue weighted by Gasteiger charge is 1.97. The van der Waals surface area contributed by atoms with Gasteiger partial charge in [0, 0.05) is 0 Å².